The van der Waals surface area contributed by atoms with Crippen LogP contribution in [0.3, 0.4) is 0 Å². The molecular formula is C16H19N3O4S. The molecule has 8 heteroatoms. The van der Waals surface area contributed by atoms with Gasteiger partial charge >= 0.3 is 0 Å². The average molecular weight is 349 g/mol. The van der Waals surface area contributed by atoms with E-state index in [1.807, 2.05) is 37.3 Å². The third-order valence-electron chi connectivity index (χ3n) is 3.79. The van der Waals surface area contributed by atoms with Crippen molar-refractivity contribution >= 4 is 21.4 Å². The fraction of sp³-hybridized carbons (Fsp3) is 0.250. The first-order valence-corrected chi connectivity index (χ1v) is 8.97. The summed E-state index contributed by atoms with van der Waals surface area (Å²) in [5.74, 6) is 0.176. The summed E-state index contributed by atoms with van der Waals surface area (Å²) in [6, 6.07) is 13.4. The van der Waals surface area contributed by atoms with Crippen molar-refractivity contribution in [3.05, 3.63) is 64.2 Å². The zero-order valence-corrected chi connectivity index (χ0v) is 14.0. The van der Waals surface area contributed by atoms with Crippen molar-refractivity contribution in [3.63, 3.8) is 0 Å². The molecule has 0 amide bonds. The summed E-state index contributed by atoms with van der Waals surface area (Å²) in [4.78, 5) is 9.90. The number of non-ortho nitro benzene ring substituents is 1. The van der Waals surface area contributed by atoms with E-state index in [4.69, 9.17) is 5.14 Å². The molecule has 0 saturated carbocycles. The molecule has 0 fully saturated rings. The summed E-state index contributed by atoms with van der Waals surface area (Å²) in [7, 11) is -4.08. The molecule has 0 radical (unpaired) electrons. The highest BCUT2D eigenvalue weighted by Gasteiger charge is 2.19. The normalized spacial score (nSPS) is 12.6. The topological polar surface area (TPSA) is 115 Å². The molecule has 0 saturated heterocycles. The summed E-state index contributed by atoms with van der Waals surface area (Å²) in [5, 5.41) is 19.1. The van der Waals surface area contributed by atoms with Crippen molar-refractivity contribution in [1.29, 1.82) is 0 Å². The standard InChI is InChI=1S/C16H19N3O4S/c1-2-12(13-6-4-3-5-7-13)11-18-15-9-8-14(19(20)21)10-16(15)24(17,22)23/h3-10,12,18H,2,11H2,1H3,(H2,17,22,23)/t12-/m0/s1. The molecule has 3 N–H and O–H groups in total. The maximum atomic E-state index is 11.7. The number of nitro groups is 1. The smallest absolute Gasteiger partial charge is 0.270 e. The van der Waals surface area contributed by atoms with E-state index in [0.29, 0.717) is 6.54 Å². The molecule has 128 valence electrons. The van der Waals surface area contributed by atoms with E-state index >= 15 is 0 Å². The molecule has 0 aromatic heterocycles. The Bertz CT molecular complexity index is 822. The predicted molar refractivity (Wildman–Crippen MR) is 92.4 cm³/mol. The molecule has 2 aromatic carbocycles. The van der Waals surface area contributed by atoms with E-state index in [9.17, 15) is 18.5 Å². The van der Waals surface area contributed by atoms with Gasteiger partial charge in [0.2, 0.25) is 10.0 Å². The molecule has 24 heavy (non-hydrogen) atoms. The van der Waals surface area contributed by atoms with Crippen LogP contribution in [-0.4, -0.2) is 19.9 Å². The second kappa shape index (κ2) is 7.41. The second-order valence-corrected chi connectivity index (χ2v) is 6.91. The first kappa shape index (κ1) is 17.9. The molecule has 0 aliphatic carbocycles. The zero-order chi connectivity index (χ0) is 17.7. The van der Waals surface area contributed by atoms with Crippen LogP contribution in [0, 0.1) is 10.1 Å². The first-order valence-electron chi connectivity index (χ1n) is 7.43. The second-order valence-electron chi connectivity index (χ2n) is 5.38. The van der Waals surface area contributed by atoms with Crippen molar-refractivity contribution in [2.24, 2.45) is 5.14 Å². The Kier molecular flexibility index (Phi) is 5.53. The Morgan fingerprint density at radius 1 is 1.21 bits per heavy atom. The lowest BCUT2D eigenvalue weighted by molar-refractivity contribution is -0.385. The lowest BCUT2D eigenvalue weighted by atomic mass is 9.96. The molecule has 0 bridgehead atoms. The predicted octanol–water partition coefficient (Wildman–Crippen LogP) is 2.85. The van der Waals surface area contributed by atoms with Crippen molar-refractivity contribution in [2.75, 3.05) is 11.9 Å². The molecule has 1 atom stereocenters. The highest BCUT2D eigenvalue weighted by molar-refractivity contribution is 7.89. The average Bonchev–Trinajstić information content (AvgIpc) is 2.55. The van der Waals surface area contributed by atoms with Gasteiger partial charge in [0.1, 0.15) is 4.90 Å². The minimum absolute atomic E-state index is 0.176. The SMILES string of the molecule is CC[C@@H](CNc1ccc([N+](=O)[O-])cc1S(N)(=O)=O)c1ccccc1. The molecule has 0 spiro atoms. The fourth-order valence-electron chi connectivity index (χ4n) is 2.46. The van der Waals surface area contributed by atoms with Crippen LogP contribution in [0.15, 0.2) is 53.4 Å². The Labute approximate surface area is 140 Å². The zero-order valence-electron chi connectivity index (χ0n) is 13.2. The van der Waals surface area contributed by atoms with Gasteiger partial charge in [0.05, 0.1) is 10.6 Å². The number of hydrogen-bond donors (Lipinski definition) is 2. The Hall–Kier alpha value is -2.45. The van der Waals surface area contributed by atoms with Gasteiger partial charge in [0.25, 0.3) is 5.69 Å². The van der Waals surface area contributed by atoms with E-state index in [-0.39, 0.29) is 22.2 Å². The highest BCUT2D eigenvalue weighted by Crippen LogP contribution is 2.27. The van der Waals surface area contributed by atoms with Gasteiger partial charge in [-0.25, -0.2) is 13.6 Å². The maximum Gasteiger partial charge on any atom is 0.270 e. The Balaban J connectivity index is 2.27. The van der Waals surface area contributed by atoms with Crippen LogP contribution >= 0.6 is 0 Å². The number of nitrogens with one attached hydrogen (secondary N) is 1. The van der Waals surface area contributed by atoms with Crippen molar-refractivity contribution in [2.45, 2.75) is 24.2 Å². The summed E-state index contributed by atoms with van der Waals surface area (Å²) in [6.07, 6.45) is 0.856. The molecule has 2 aromatic rings. The third kappa shape index (κ3) is 4.30. The molecule has 0 aliphatic heterocycles. The van der Waals surface area contributed by atoms with Crippen molar-refractivity contribution in [1.82, 2.24) is 0 Å². The Morgan fingerprint density at radius 3 is 2.42 bits per heavy atom. The van der Waals surface area contributed by atoms with Gasteiger partial charge < -0.3 is 5.32 Å². The van der Waals surface area contributed by atoms with E-state index in [0.717, 1.165) is 18.1 Å². The highest BCUT2D eigenvalue weighted by atomic mass is 32.2. The van der Waals surface area contributed by atoms with Crippen LogP contribution in [-0.2, 0) is 10.0 Å². The van der Waals surface area contributed by atoms with E-state index in [2.05, 4.69) is 5.32 Å². The number of anilines is 1. The number of nitro benzene ring substituents is 1. The van der Waals surface area contributed by atoms with Gasteiger partial charge in [0, 0.05) is 24.6 Å². The number of hydrogen-bond acceptors (Lipinski definition) is 5. The van der Waals surface area contributed by atoms with Gasteiger partial charge in [-0.3, -0.25) is 10.1 Å². The number of rotatable bonds is 7. The summed E-state index contributed by atoms with van der Waals surface area (Å²) < 4.78 is 23.5. The van der Waals surface area contributed by atoms with E-state index < -0.39 is 14.9 Å². The van der Waals surface area contributed by atoms with Crippen LogP contribution < -0.4 is 10.5 Å². The molecular weight excluding hydrogens is 330 g/mol. The molecule has 2 rings (SSSR count). The summed E-state index contributed by atoms with van der Waals surface area (Å²) in [5.41, 5.74) is 1.07. The molecule has 0 unspecified atom stereocenters. The maximum absolute atomic E-state index is 11.7. The van der Waals surface area contributed by atoms with Gasteiger partial charge in [-0.2, -0.15) is 0 Å². The quantitative estimate of drug-likeness (QED) is 0.589. The monoisotopic (exact) mass is 349 g/mol. The number of sulfonamides is 1. The van der Waals surface area contributed by atoms with Crippen LogP contribution in [0.4, 0.5) is 11.4 Å². The van der Waals surface area contributed by atoms with Gasteiger partial charge in [0.15, 0.2) is 0 Å². The van der Waals surface area contributed by atoms with Crippen molar-refractivity contribution < 1.29 is 13.3 Å². The minimum atomic E-state index is -4.08. The minimum Gasteiger partial charge on any atom is -0.383 e. The van der Waals surface area contributed by atoms with Gasteiger partial charge in [-0.05, 0) is 18.1 Å². The number of benzene rings is 2. The number of nitrogens with zero attached hydrogens (tertiary/aromatic N) is 1. The molecule has 0 heterocycles. The first-order chi connectivity index (χ1) is 11.3. The Morgan fingerprint density at radius 2 is 1.88 bits per heavy atom. The largest absolute Gasteiger partial charge is 0.383 e. The lowest BCUT2D eigenvalue weighted by Gasteiger charge is -2.18. The van der Waals surface area contributed by atoms with Crippen LogP contribution in [0.2, 0.25) is 0 Å². The summed E-state index contributed by atoms with van der Waals surface area (Å²) in [6.45, 7) is 2.52. The van der Waals surface area contributed by atoms with Crippen LogP contribution in [0.25, 0.3) is 0 Å². The third-order valence-corrected chi connectivity index (χ3v) is 4.74. The molecule has 0 aliphatic rings. The number of primary sulfonamides is 1. The van der Waals surface area contributed by atoms with E-state index in [1.165, 1.54) is 12.1 Å². The van der Waals surface area contributed by atoms with Gasteiger partial charge in [-0.1, -0.05) is 37.3 Å². The van der Waals surface area contributed by atoms with Gasteiger partial charge in [-0.15, -0.1) is 0 Å². The number of nitrogens with two attached hydrogens (primary N) is 1. The van der Waals surface area contributed by atoms with Crippen molar-refractivity contribution in [3.8, 4) is 0 Å². The fourth-order valence-corrected chi connectivity index (χ4v) is 3.19. The van der Waals surface area contributed by atoms with Crippen LogP contribution in [0.1, 0.15) is 24.8 Å². The summed E-state index contributed by atoms with van der Waals surface area (Å²) >= 11 is 0. The van der Waals surface area contributed by atoms with E-state index in [1.54, 1.807) is 0 Å². The molecule has 7 nitrogen and oxygen atoms in total. The van der Waals surface area contributed by atoms with Crippen LogP contribution in [0.5, 0.6) is 0 Å². The lowest BCUT2D eigenvalue weighted by Crippen LogP contribution is -2.18.